The van der Waals surface area contributed by atoms with Crippen LogP contribution in [0.25, 0.3) is 0 Å². The molecular formula is C12H16FNO. The summed E-state index contributed by atoms with van der Waals surface area (Å²) in [5.41, 5.74) is 0.976. The van der Waals surface area contributed by atoms with Crippen LogP contribution >= 0.6 is 0 Å². The zero-order valence-electron chi connectivity index (χ0n) is 8.69. The highest BCUT2D eigenvalue weighted by atomic mass is 19.1. The first-order valence-electron chi connectivity index (χ1n) is 5.39. The third-order valence-corrected chi connectivity index (χ3v) is 2.78. The van der Waals surface area contributed by atoms with Crippen molar-refractivity contribution < 1.29 is 9.50 Å². The van der Waals surface area contributed by atoms with Crippen molar-refractivity contribution in [2.24, 2.45) is 0 Å². The van der Waals surface area contributed by atoms with Crippen LogP contribution in [0.3, 0.4) is 0 Å². The van der Waals surface area contributed by atoms with E-state index in [1.54, 1.807) is 12.1 Å². The SMILES string of the molecule is O[C@@H]1CCCN(Cc2cccc(F)c2)C1. The van der Waals surface area contributed by atoms with Crippen molar-refractivity contribution in [3.63, 3.8) is 0 Å². The van der Waals surface area contributed by atoms with Gasteiger partial charge in [0.15, 0.2) is 0 Å². The highest BCUT2D eigenvalue weighted by Gasteiger charge is 2.17. The molecule has 1 N–H and O–H groups in total. The van der Waals surface area contributed by atoms with Crippen molar-refractivity contribution >= 4 is 0 Å². The molecule has 1 heterocycles. The number of halogens is 1. The molecule has 2 nitrogen and oxygen atoms in total. The van der Waals surface area contributed by atoms with Crippen LogP contribution in [-0.4, -0.2) is 29.2 Å². The average Bonchev–Trinajstić information content (AvgIpc) is 2.17. The van der Waals surface area contributed by atoms with Crippen LogP contribution in [0.4, 0.5) is 4.39 Å². The Labute approximate surface area is 89.3 Å². The van der Waals surface area contributed by atoms with Crippen molar-refractivity contribution in [3.8, 4) is 0 Å². The summed E-state index contributed by atoms with van der Waals surface area (Å²) in [6, 6.07) is 6.66. The van der Waals surface area contributed by atoms with Gasteiger partial charge in [-0.1, -0.05) is 12.1 Å². The summed E-state index contributed by atoms with van der Waals surface area (Å²) in [6.45, 7) is 2.43. The van der Waals surface area contributed by atoms with E-state index in [2.05, 4.69) is 4.90 Å². The molecule has 1 saturated heterocycles. The number of rotatable bonds is 2. The van der Waals surface area contributed by atoms with Crippen LogP contribution < -0.4 is 0 Å². The molecule has 1 aromatic carbocycles. The summed E-state index contributed by atoms with van der Waals surface area (Å²) < 4.78 is 12.9. The average molecular weight is 209 g/mol. The summed E-state index contributed by atoms with van der Waals surface area (Å²) in [4.78, 5) is 2.17. The van der Waals surface area contributed by atoms with Gasteiger partial charge >= 0.3 is 0 Å². The van der Waals surface area contributed by atoms with Gasteiger partial charge in [-0.2, -0.15) is 0 Å². The van der Waals surface area contributed by atoms with Gasteiger partial charge in [0.25, 0.3) is 0 Å². The number of aliphatic hydroxyl groups excluding tert-OH is 1. The summed E-state index contributed by atoms with van der Waals surface area (Å²) in [5.74, 6) is -0.190. The van der Waals surface area contributed by atoms with Crippen LogP contribution in [0.2, 0.25) is 0 Å². The van der Waals surface area contributed by atoms with E-state index in [0.29, 0.717) is 6.54 Å². The minimum absolute atomic E-state index is 0.190. The zero-order valence-corrected chi connectivity index (χ0v) is 8.69. The van der Waals surface area contributed by atoms with Crippen molar-refractivity contribution in [2.45, 2.75) is 25.5 Å². The van der Waals surface area contributed by atoms with Crippen molar-refractivity contribution in [2.75, 3.05) is 13.1 Å². The van der Waals surface area contributed by atoms with Crippen LogP contribution in [-0.2, 0) is 6.54 Å². The molecule has 1 aromatic rings. The van der Waals surface area contributed by atoms with E-state index >= 15 is 0 Å². The molecule has 1 aliphatic rings. The number of likely N-dealkylation sites (tertiary alicyclic amines) is 1. The molecule has 0 aliphatic carbocycles. The van der Waals surface area contributed by atoms with Gasteiger partial charge in [-0.05, 0) is 37.1 Å². The van der Waals surface area contributed by atoms with Gasteiger partial charge < -0.3 is 5.11 Å². The maximum atomic E-state index is 12.9. The molecule has 2 rings (SSSR count). The number of piperidine rings is 1. The fourth-order valence-electron chi connectivity index (χ4n) is 2.07. The summed E-state index contributed by atoms with van der Waals surface area (Å²) in [5, 5.41) is 9.50. The van der Waals surface area contributed by atoms with Gasteiger partial charge in [0.05, 0.1) is 6.10 Å². The summed E-state index contributed by atoms with van der Waals surface area (Å²) >= 11 is 0. The quantitative estimate of drug-likeness (QED) is 0.802. The lowest BCUT2D eigenvalue weighted by molar-refractivity contribution is 0.0668. The van der Waals surface area contributed by atoms with Crippen LogP contribution in [0.15, 0.2) is 24.3 Å². The van der Waals surface area contributed by atoms with E-state index in [-0.39, 0.29) is 11.9 Å². The van der Waals surface area contributed by atoms with Crippen LogP contribution in [0, 0.1) is 5.82 Å². The summed E-state index contributed by atoms with van der Waals surface area (Å²) in [7, 11) is 0. The van der Waals surface area contributed by atoms with Gasteiger partial charge in [0.1, 0.15) is 5.82 Å². The fraction of sp³-hybridized carbons (Fsp3) is 0.500. The Morgan fingerprint density at radius 2 is 2.33 bits per heavy atom. The number of aliphatic hydroxyl groups is 1. The molecule has 1 atom stereocenters. The molecule has 0 spiro atoms. The first-order valence-corrected chi connectivity index (χ1v) is 5.39. The maximum absolute atomic E-state index is 12.9. The van der Waals surface area contributed by atoms with Crippen molar-refractivity contribution in [1.29, 1.82) is 0 Å². The third-order valence-electron chi connectivity index (χ3n) is 2.78. The Morgan fingerprint density at radius 3 is 3.07 bits per heavy atom. The minimum atomic E-state index is -0.215. The predicted octanol–water partition coefficient (Wildman–Crippen LogP) is 1.78. The first-order chi connectivity index (χ1) is 7.24. The predicted molar refractivity (Wildman–Crippen MR) is 56.9 cm³/mol. The van der Waals surface area contributed by atoms with Gasteiger partial charge in [-0.25, -0.2) is 4.39 Å². The van der Waals surface area contributed by atoms with Crippen molar-refractivity contribution in [1.82, 2.24) is 4.90 Å². The highest BCUT2D eigenvalue weighted by Crippen LogP contribution is 2.14. The lowest BCUT2D eigenvalue weighted by atomic mass is 10.1. The van der Waals surface area contributed by atoms with Crippen LogP contribution in [0.1, 0.15) is 18.4 Å². The van der Waals surface area contributed by atoms with E-state index < -0.39 is 0 Å². The molecule has 0 bridgehead atoms. The number of hydrogen-bond donors (Lipinski definition) is 1. The van der Waals surface area contributed by atoms with Gasteiger partial charge in [0.2, 0.25) is 0 Å². The molecule has 0 aromatic heterocycles. The molecule has 0 unspecified atom stereocenters. The molecule has 82 valence electrons. The van der Waals surface area contributed by atoms with Crippen molar-refractivity contribution in [3.05, 3.63) is 35.6 Å². The zero-order chi connectivity index (χ0) is 10.7. The second-order valence-electron chi connectivity index (χ2n) is 4.16. The minimum Gasteiger partial charge on any atom is -0.392 e. The lowest BCUT2D eigenvalue weighted by Gasteiger charge is -2.29. The highest BCUT2D eigenvalue weighted by molar-refractivity contribution is 5.16. The largest absolute Gasteiger partial charge is 0.392 e. The normalized spacial score (nSPS) is 22.9. The standard InChI is InChI=1S/C12H16FNO/c13-11-4-1-3-10(7-11)8-14-6-2-5-12(15)9-14/h1,3-4,7,12,15H,2,5-6,8-9H2/t12-/m1/s1. The molecule has 0 saturated carbocycles. The van der Waals surface area contributed by atoms with E-state index in [0.717, 1.165) is 31.5 Å². The number of β-amino-alcohol motifs (C(OH)–C–C–N with tert-alkyl or cyclic N) is 1. The van der Waals surface area contributed by atoms with E-state index in [9.17, 15) is 9.50 Å². The molecule has 15 heavy (non-hydrogen) atoms. The number of nitrogens with zero attached hydrogens (tertiary/aromatic N) is 1. The van der Waals surface area contributed by atoms with Gasteiger partial charge in [-0.15, -0.1) is 0 Å². The first kappa shape index (κ1) is 10.6. The van der Waals surface area contributed by atoms with Gasteiger partial charge in [0, 0.05) is 13.1 Å². The summed E-state index contributed by atoms with van der Waals surface area (Å²) in [6.07, 6.45) is 1.70. The van der Waals surface area contributed by atoms with E-state index in [1.165, 1.54) is 6.07 Å². The lowest BCUT2D eigenvalue weighted by Crippen LogP contribution is -2.37. The molecule has 1 aliphatic heterocycles. The smallest absolute Gasteiger partial charge is 0.123 e. The third kappa shape index (κ3) is 3.01. The van der Waals surface area contributed by atoms with Gasteiger partial charge in [-0.3, -0.25) is 4.90 Å². The second kappa shape index (κ2) is 4.73. The molecule has 0 amide bonds. The second-order valence-corrected chi connectivity index (χ2v) is 4.16. The Balaban J connectivity index is 1.96. The van der Waals surface area contributed by atoms with Crippen LogP contribution in [0.5, 0.6) is 0 Å². The Kier molecular flexibility index (Phi) is 3.34. The Hall–Kier alpha value is -0.930. The molecule has 0 radical (unpaired) electrons. The monoisotopic (exact) mass is 209 g/mol. The van der Waals surface area contributed by atoms with E-state index in [4.69, 9.17) is 0 Å². The number of hydrogen-bond acceptors (Lipinski definition) is 2. The topological polar surface area (TPSA) is 23.5 Å². The molecule has 1 fully saturated rings. The fourth-order valence-corrected chi connectivity index (χ4v) is 2.07. The molecular weight excluding hydrogens is 193 g/mol. The maximum Gasteiger partial charge on any atom is 0.123 e. The van der Waals surface area contributed by atoms with E-state index in [1.807, 2.05) is 6.07 Å². The molecule has 3 heteroatoms. The Bertz CT molecular complexity index is 329. The number of benzene rings is 1. The Morgan fingerprint density at radius 1 is 1.47 bits per heavy atom.